The van der Waals surface area contributed by atoms with Crippen LogP contribution in [0.1, 0.15) is 23.9 Å². The number of rotatable bonds is 2. The third-order valence-corrected chi connectivity index (χ3v) is 2.13. The van der Waals surface area contributed by atoms with Gasteiger partial charge in [0.05, 0.1) is 0 Å². The molecule has 0 bridgehead atoms. The van der Waals surface area contributed by atoms with Crippen molar-refractivity contribution in [2.24, 2.45) is 5.73 Å². The number of hydrogen-bond acceptors (Lipinski definition) is 2. The number of H-pyrrole nitrogens is 1. The topological polar surface area (TPSA) is 62.0 Å². The summed E-state index contributed by atoms with van der Waals surface area (Å²) in [7, 11) is 0. The normalized spacial score (nSPS) is 16.1. The molecule has 3 heteroatoms. The summed E-state index contributed by atoms with van der Waals surface area (Å²) in [5.41, 5.74) is 7.48. The van der Waals surface area contributed by atoms with Crippen LogP contribution in [0.15, 0.2) is 6.07 Å². The van der Waals surface area contributed by atoms with Gasteiger partial charge in [-0.2, -0.15) is 0 Å². The van der Waals surface area contributed by atoms with E-state index in [1.54, 1.807) is 6.92 Å². The first-order valence-corrected chi connectivity index (χ1v) is 4.06. The third kappa shape index (κ3) is 1.52. The molecule has 12 heavy (non-hydrogen) atoms. The molecule has 4 N–H and O–H groups in total. The van der Waals surface area contributed by atoms with Gasteiger partial charge in [0, 0.05) is 23.5 Å². The van der Waals surface area contributed by atoms with Crippen molar-refractivity contribution in [3.63, 3.8) is 0 Å². The number of aromatic amines is 1. The standard InChI is InChI=1S/C9H16N2O/c1-6-4-8(7(2)11-6)9(3,12)5-10/h4,11-12H,5,10H2,1-3H3. The van der Waals surface area contributed by atoms with Crippen LogP contribution in [0.25, 0.3) is 0 Å². The van der Waals surface area contributed by atoms with Crippen LogP contribution >= 0.6 is 0 Å². The second kappa shape index (κ2) is 2.92. The molecule has 1 unspecified atom stereocenters. The minimum absolute atomic E-state index is 0.241. The van der Waals surface area contributed by atoms with Gasteiger partial charge in [-0.15, -0.1) is 0 Å². The second-order valence-corrected chi connectivity index (χ2v) is 3.47. The lowest BCUT2D eigenvalue weighted by atomic mass is 9.96. The van der Waals surface area contributed by atoms with Crippen molar-refractivity contribution in [1.29, 1.82) is 0 Å². The van der Waals surface area contributed by atoms with Crippen molar-refractivity contribution in [3.8, 4) is 0 Å². The summed E-state index contributed by atoms with van der Waals surface area (Å²) in [5.74, 6) is 0. The van der Waals surface area contributed by atoms with Gasteiger partial charge in [0.1, 0.15) is 5.60 Å². The Balaban J connectivity index is 3.09. The molecule has 1 aromatic rings. The zero-order valence-electron chi connectivity index (χ0n) is 7.81. The Bertz CT molecular complexity index is 276. The van der Waals surface area contributed by atoms with Gasteiger partial charge >= 0.3 is 0 Å². The van der Waals surface area contributed by atoms with Gasteiger partial charge in [0.2, 0.25) is 0 Å². The van der Waals surface area contributed by atoms with Crippen LogP contribution < -0.4 is 5.73 Å². The van der Waals surface area contributed by atoms with E-state index in [-0.39, 0.29) is 6.54 Å². The first-order valence-electron chi connectivity index (χ1n) is 4.06. The molecule has 0 radical (unpaired) electrons. The van der Waals surface area contributed by atoms with Crippen LogP contribution in [-0.2, 0) is 5.60 Å². The lowest BCUT2D eigenvalue weighted by Gasteiger charge is -2.20. The molecule has 1 heterocycles. The van der Waals surface area contributed by atoms with Gasteiger partial charge < -0.3 is 15.8 Å². The Morgan fingerprint density at radius 2 is 2.17 bits per heavy atom. The number of aliphatic hydroxyl groups is 1. The number of aromatic nitrogens is 1. The monoisotopic (exact) mass is 168 g/mol. The molecule has 1 rings (SSSR count). The Morgan fingerprint density at radius 1 is 1.58 bits per heavy atom. The predicted molar refractivity (Wildman–Crippen MR) is 48.9 cm³/mol. The molecule has 0 amide bonds. The van der Waals surface area contributed by atoms with E-state index in [1.165, 1.54) is 0 Å². The minimum atomic E-state index is -0.908. The van der Waals surface area contributed by atoms with Crippen LogP contribution in [0.5, 0.6) is 0 Å². The smallest absolute Gasteiger partial charge is 0.101 e. The molecule has 0 aliphatic rings. The molecule has 3 nitrogen and oxygen atoms in total. The van der Waals surface area contributed by atoms with E-state index in [9.17, 15) is 5.11 Å². The SMILES string of the molecule is Cc1cc(C(C)(O)CN)c(C)[nH]1. The number of nitrogens with two attached hydrogens (primary N) is 1. The maximum Gasteiger partial charge on any atom is 0.101 e. The van der Waals surface area contributed by atoms with E-state index in [0.29, 0.717) is 0 Å². The van der Waals surface area contributed by atoms with Crippen LogP contribution in [0.3, 0.4) is 0 Å². The average Bonchev–Trinajstić information content (AvgIpc) is 2.31. The van der Waals surface area contributed by atoms with Crippen molar-refractivity contribution in [3.05, 3.63) is 23.0 Å². The number of aryl methyl sites for hydroxylation is 2. The van der Waals surface area contributed by atoms with E-state index in [0.717, 1.165) is 17.0 Å². The lowest BCUT2D eigenvalue weighted by Crippen LogP contribution is -2.31. The molecule has 0 aromatic carbocycles. The molecule has 0 saturated carbocycles. The fraction of sp³-hybridized carbons (Fsp3) is 0.556. The minimum Gasteiger partial charge on any atom is -0.384 e. The summed E-state index contributed by atoms with van der Waals surface area (Å²) < 4.78 is 0. The van der Waals surface area contributed by atoms with Gasteiger partial charge in [-0.05, 0) is 26.8 Å². The van der Waals surface area contributed by atoms with E-state index in [4.69, 9.17) is 5.73 Å². The molecule has 0 fully saturated rings. The van der Waals surface area contributed by atoms with Gasteiger partial charge in [0.25, 0.3) is 0 Å². The van der Waals surface area contributed by atoms with Crippen molar-refractivity contribution < 1.29 is 5.11 Å². The molecule has 1 atom stereocenters. The first kappa shape index (κ1) is 9.29. The Hall–Kier alpha value is -0.800. The molecule has 0 spiro atoms. The van der Waals surface area contributed by atoms with E-state index in [1.807, 2.05) is 19.9 Å². The van der Waals surface area contributed by atoms with Gasteiger partial charge in [-0.25, -0.2) is 0 Å². The highest BCUT2D eigenvalue weighted by Crippen LogP contribution is 2.23. The summed E-state index contributed by atoms with van der Waals surface area (Å²) in [4.78, 5) is 3.13. The van der Waals surface area contributed by atoms with Crippen LogP contribution in [-0.4, -0.2) is 16.6 Å². The fourth-order valence-electron chi connectivity index (χ4n) is 1.39. The highest BCUT2D eigenvalue weighted by Gasteiger charge is 2.24. The Labute approximate surface area is 72.6 Å². The predicted octanol–water partition coefficient (Wildman–Crippen LogP) is 0.798. The summed E-state index contributed by atoms with van der Waals surface area (Å²) >= 11 is 0. The summed E-state index contributed by atoms with van der Waals surface area (Å²) in [6.07, 6.45) is 0. The summed E-state index contributed by atoms with van der Waals surface area (Å²) in [6.45, 7) is 5.86. The highest BCUT2D eigenvalue weighted by atomic mass is 16.3. The van der Waals surface area contributed by atoms with Crippen LogP contribution in [0.2, 0.25) is 0 Å². The molecule has 1 aromatic heterocycles. The van der Waals surface area contributed by atoms with Crippen molar-refractivity contribution in [1.82, 2.24) is 4.98 Å². The van der Waals surface area contributed by atoms with Crippen molar-refractivity contribution in [2.75, 3.05) is 6.54 Å². The maximum atomic E-state index is 9.84. The quantitative estimate of drug-likeness (QED) is 0.611. The van der Waals surface area contributed by atoms with E-state index >= 15 is 0 Å². The summed E-state index contributed by atoms with van der Waals surface area (Å²) in [5, 5.41) is 9.84. The van der Waals surface area contributed by atoms with Crippen LogP contribution in [0, 0.1) is 13.8 Å². The zero-order chi connectivity index (χ0) is 9.35. The van der Waals surface area contributed by atoms with Crippen molar-refractivity contribution >= 4 is 0 Å². The molecular formula is C9H16N2O. The van der Waals surface area contributed by atoms with Gasteiger partial charge in [0.15, 0.2) is 0 Å². The molecule has 68 valence electrons. The fourth-order valence-corrected chi connectivity index (χ4v) is 1.39. The van der Waals surface area contributed by atoms with Gasteiger partial charge in [-0.3, -0.25) is 0 Å². The highest BCUT2D eigenvalue weighted by molar-refractivity contribution is 5.29. The molecule has 0 aliphatic carbocycles. The molecule has 0 aliphatic heterocycles. The summed E-state index contributed by atoms with van der Waals surface area (Å²) in [6, 6.07) is 1.93. The second-order valence-electron chi connectivity index (χ2n) is 3.47. The zero-order valence-corrected chi connectivity index (χ0v) is 7.81. The lowest BCUT2D eigenvalue weighted by molar-refractivity contribution is 0.0663. The third-order valence-electron chi connectivity index (χ3n) is 2.13. The molecule has 0 saturated heterocycles. The maximum absolute atomic E-state index is 9.84. The first-order chi connectivity index (χ1) is 5.47. The number of hydrogen-bond donors (Lipinski definition) is 3. The Kier molecular flexibility index (Phi) is 2.26. The van der Waals surface area contributed by atoms with Crippen molar-refractivity contribution in [2.45, 2.75) is 26.4 Å². The van der Waals surface area contributed by atoms with E-state index in [2.05, 4.69) is 4.98 Å². The largest absolute Gasteiger partial charge is 0.384 e. The number of nitrogens with one attached hydrogen (secondary N) is 1. The van der Waals surface area contributed by atoms with Gasteiger partial charge in [-0.1, -0.05) is 0 Å². The van der Waals surface area contributed by atoms with E-state index < -0.39 is 5.60 Å². The average molecular weight is 168 g/mol. The Morgan fingerprint density at radius 3 is 2.50 bits per heavy atom. The molecular weight excluding hydrogens is 152 g/mol. The van der Waals surface area contributed by atoms with Crippen LogP contribution in [0.4, 0.5) is 0 Å².